The molecule has 0 saturated heterocycles. The van der Waals surface area contributed by atoms with Crippen molar-refractivity contribution in [1.82, 2.24) is 5.48 Å². The highest BCUT2D eigenvalue weighted by atomic mass is 16.7. The van der Waals surface area contributed by atoms with Crippen molar-refractivity contribution < 1.29 is 14.7 Å². The Morgan fingerprint density at radius 2 is 2.12 bits per heavy atom. The van der Waals surface area contributed by atoms with Gasteiger partial charge in [-0.25, -0.2) is 5.48 Å². The van der Waals surface area contributed by atoms with Crippen molar-refractivity contribution in [3.8, 4) is 0 Å². The lowest BCUT2D eigenvalue weighted by Crippen LogP contribution is -2.24. The summed E-state index contributed by atoms with van der Waals surface area (Å²) in [5.74, 6) is 0.511. The molecule has 16 heavy (non-hydrogen) atoms. The van der Waals surface area contributed by atoms with Crippen LogP contribution < -0.4 is 5.48 Å². The van der Waals surface area contributed by atoms with Crippen LogP contribution in [0.15, 0.2) is 30.3 Å². The van der Waals surface area contributed by atoms with Crippen molar-refractivity contribution in [2.45, 2.75) is 6.42 Å². The van der Waals surface area contributed by atoms with E-state index in [-0.39, 0.29) is 12.5 Å². The molecule has 1 aliphatic rings. The van der Waals surface area contributed by atoms with Gasteiger partial charge in [-0.05, 0) is 30.4 Å². The number of amides is 1. The first-order valence-corrected chi connectivity index (χ1v) is 5.39. The van der Waals surface area contributed by atoms with Crippen LogP contribution in [0.3, 0.4) is 0 Å². The summed E-state index contributed by atoms with van der Waals surface area (Å²) in [6.07, 6.45) is 0.984. The number of carbonyl (C=O) groups is 1. The van der Waals surface area contributed by atoms with Gasteiger partial charge in [0.1, 0.15) is 0 Å². The molecule has 1 aromatic carbocycles. The predicted octanol–water partition coefficient (Wildman–Crippen LogP) is 0.976. The number of nitrogens with one attached hydrogen (secondary N) is 1. The fourth-order valence-electron chi connectivity index (χ4n) is 1.60. The number of hydroxylamine groups is 1. The second-order valence-corrected chi connectivity index (χ2v) is 4.05. The molecule has 2 N–H and O–H groups in total. The fourth-order valence-corrected chi connectivity index (χ4v) is 1.60. The third kappa shape index (κ3) is 2.81. The van der Waals surface area contributed by atoms with E-state index in [1.807, 2.05) is 6.07 Å². The van der Waals surface area contributed by atoms with Crippen LogP contribution in [-0.4, -0.2) is 24.2 Å². The first-order chi connectivity index (χ1) is 7.81. The van der Waals surface area contributed by atoms with Gasteiger partial charge in [0.05, 0.1) is 6.61 Å². The maximum absolute atomic E-state index is 11.5. The number of hydrogen-bond donors (Lipinski definition) is 2. The smallest absolute Gasteiger partial charge is 0.274 e. The zero-order chi connectivity index (χ0) is 11.4. The van der Waals surface area contributed by atoms with Gasteiger partial charge in [0.2, 0.25) is 0 Å². The van der Waals surface area contributed by atoms with Crippen molar-refractivity contribution >= 4 is 5.91 Å². The van der Waals surface area contributed by atoms with Gasteiger partial charge in [0.15, 0.2) is 0 Å². The molecule has 0 heterocycles. The summed E-state index contributed by atoms with van der Waals surface area (Å²) >= 11 is 0. The molecule has 1 aliphatic carbocycles. The molecule has 2 rings (SSSR count). The van der Waals surface area contributed by atoms with E-state index < -0.39 is 0 Å². The van der Waals surface area contributed by atoms with Crippen molar-refractivity contribution in [3.05, 3.63) is 35.9 Å². The molecule has 1 saturated carbocycles. The third-order valence-electron chi connectivity index (χ3n) is 2.80. The van der Waals surface area contributed by atoms with Crippen LogP contribution in [0, 0.1) is 11.8 Å². The number of hydrogen-bond acceptors (Lipinski definition) is 3. The second kappa shape index (κ2) is 5.09. The lowest BCUT2D eigenvalue weighted by atomic mass is 10.2. The van der Waals surface area contributed by atoms with Gasteiger partial charge >= 0.3 is 0 Å². The van der Waals surface area contributed by atoms with Gasteiger partial charge in [0.25, 0.3) is 5.91 Å². The molecule has 2 unspecified atom stereocenters. The Bertz CT molecular complexity index is 353. The Kier molecular flexibility index (Phi) is 3.54. The summed E-state index contributed by atoms with van der Waals surface area (Å²) in [5, 5.41) is 8.82. The molecule has 0 bridgehead atoms. The number of rotatable bonds is 5. The Balaban J connectivity index is 1.69. The van der Waals surface area contributed by atoms with Crippen LogP contribution in [0.5, 0.6) is 0 Å². The van der Waals surface area contributed by atoms with E-state index in [2.05, 4.69) is 5.48 Å². The average molecular weight is 221 g/mol. The molecule has 1 fully saturated rings. The van der Waals surface area contributed by atoms with Crippen molar-refractivity contribution in [3.63, 3.8) is 0 Å². The molecule has 0 spiro atoms. The summed E-state index contributed by atoms with van der Waals surface area (Å²) in [6.45, 7) is 0.685. The SMILES string of the molecule is O=C(NOCC1CC1CO)c1ccccc1. The third-order valence-corrected chi connectivity index (χ3v) is 2.80. The standard InChI is InChI=1S/C12H15NO3/c14-7-10-6-11(10)8-16-13-12(15)9-4-2-1-3-5-9/h1-5,10-11,14H,6-8H2,(H,13,15). The van der Waals surface area contributed by atoms with E-state index in [1.165, 1.54) is 0 Å². The Hall–Kier alpha value is -1.39. The highest BCUT2D eigenvalue weighted by Gasteiger charge is 2.36. The molecule has 4 nitrogen and oxygen atoms in total. The summed E-state index contributed by atoms with van der Waals surface area (Å²) < 4.78 is 0. The largest absolute Gasteiger partial charge is 0.396 e. The van der Waals surface area contributed by atoms with Gasteiger partial charge in [-0.2, -0.15) is 0 Å². The first kappa shape index (κ1) is 11.1. The summed E-state index contributed by atoms with van der Waals surface area (Å²) in [7, 11) is 0. The zero-order valence-corrected chi connectivity index (χ0v) is 8.93. The van der Waals surface area contributed by atoms with Crippen molar-refractivity contribution in [2.24, 2.45) is 11.8 Å². The van der Waals surface area contributed by atoms with Crippen molar-refractivity contribution in [2.75, 3.05) is 13.2 Å². The van der Waals surface area contributed by atoms with Crippen LogP contribution in [0.2, 0.25) is 0 Å². The van der Waals surface area contributed by atoms with E-state index in [1.54, 1.807) is 24.3 Å². The number of benzene rings is 1. The molecule has 0 aromatic heterocycles. The monoisotopic (exact) mass is 221 g/mol. The van der Waals surface area contributed by atoms with E-state index >= 15 is 0 Å². The second-order valence-electron chi connectivity index (χ2n) is 4.05. The maximum atomic E-state index is 11.5. The highest BCUT2D eigenvalue weighted by molar-refractivity contribution is 5.93. The zero-order valence-electron chi connectivity index (χ0n) is 8.93. The van der Waals surface area contributed by atoms with Crippen LogP contribution in [0.1, 0.15) is 16.8 Å². The lowest BCUT2D eigenvalue weighted by molar-refractivity contribution is 0.0247. The van der Waals surface area contributed by atoms with Gasteiger partial charge in [-0.15, -0.1) is 0 Å². The number of aliphatic hydroxyl groups is 1. The van der Waals surface area contributed by atoms with Gasteiger partial charge < -0.3 is 5.11 Å². The summed E-state index contributed by atoms with van der Waals surface area (Å²) in [5.41, 5.74) is 2.97. The van der Waals surface area contributed by atoms with E-state index in [0.29, 0.717) is 24.0 Å². The minimum atomic E-state index is -0.234. The summed E-state index contributed by atoms with van der Waals surface area (Å²) in [4.78, 5) is 16.6. The van der Waals surface area contributed by atoms with E-state index in [9.17, 15) is 4.79 Å². The quantitative estimate of drug-likeness (QED) is 0.728. The minimum absolute atomic E-state index is 0.209. The molecule has 1 aromatic rings. The van der Waals surface area contributed by atoms with E-state index in [0.717, 1.165) is 6.42 Å². The van der Waals surface area contributed by atoms with Crippen LogP contribution >= 0.6 is 0 Å². The lowest BCUT2D eigenvalue weighted by Gasteiger charge is -2.05. The molecular formula is C12H15NO3. The average Bonchev–Trinajstić information content (AvgIpc) is 3.09. The van der Waals surface area contributed by atoms with Crippen LogP contribution in [0.25, 0.3) is 0 Å². The molecule has 0 radical (unpaired) electrons. The van der Waals surface area contributed by atoms with Gasteiger partial charge in [0, 0.05) is 12.2 Å². The number of carbonyl (C=O) groups excluding carboxylic acids is 1. The van der Waals surface area contributed by atoms with Crippen LogP contribution in [0.4, 0.5) is 0 Å². The Morgan fingerprint density at radius 3 is 2.75 bits per heavy atom. The highest BCUT2D eigenvalue weighted by Crippen LogP contribution is 2.37. The summed E-state index contributed by atoms with van der Waals surface area (Å²) in [6, 6.07) is 8.92. The molecule has 86 valence electrons. The van der Waals surface area contributed by atoms with Gasteiger partial charge in [-0.3, -0.25) is 9.63 Å². The normalized spacial score (nSPS) is 22.8. The van der Waals surface area contributed by atoms with E-state index in [4.69, 9.17) is 9.94 Å². The van der Waals surface area contributed by atoms with Crippen molar-refractivity contribution in [1.29, 1.82) is 0 Å². The number of aliphatic hydroxyl groups excluding tert-OH is 1. The topological polar surface area (TPSA) is 58.6 Å². The molecule has 4 heteroatoms. The Morgan fingerprint density at radius 1 is 1.38 bits per heavy atom. The maximum Gasteiger partial charge on any atom is 0.274 e. The first-order valence-electron chi connectivity index (χ1n) is 5.39. The minimum Gasteiger partial charge on any atom is -0.396 e. The fraction of sp³-hybridized carbons (Fsp3) is 0.417. The molecule has 1 amide bonds. The molecule has 2 atom stereocenters. The van der Waals surface area contributed by atoms with Crippen LogP contribution in [-0.2, 0) is 4.84 Å². The Labute approximate surface area is 94.2 Å². The molecular weight excluding hydrogens is 206 g/mol. The van der Waals surface area contributed by atoms with Gasteiger partial charge in [-0.1, -0.05) is 18.2 Å². The predicted molar refractivity (Wildman–Crippen MR) is 58.5 cm³/mol. The molecule has 0 aliphatic heterocycles.